The Bertz CT molecular complexity index is 731. The molecule has 0 bridgehead atoms. The maximum absolute atomic E-state index is 12.4. The summed E-state index contributed by atoms with van der Waals surface area (Å²) in [5.41, 5.74) is 3.73. The Labute approximate surface area is 130 Å². The molecule has 4 heteroatoms. The summed E-state index contributed by atoms with van der Waals surface area (Å²) in [6.45, 7) is 2.78. The van der Waals surface area contributed by atoms with Crippen LogP contribution in [0.5, 0.6) is 0 Å². The first-order chi connectivity index (χ1) is 10.7. The van der Waals surface area contributed by atoms with Gasteiger partial charge in [-0.3, -0.25) is 4.79 Å². The Morgan fingerprint density at radius 1 is 1.23 bits per heavy atom. The maximum atomic E-state index is 12.4. The molecule has 3 rings (SSSR count). The van der Waals surface area contributed by atoms with Crippen LogP contribution in [-0.4, -0.2) is 18.5 Å². The molecule has 0 saturated heterocycles. The van der Waals surface area contributed by atoms with E-state index in [4.69, 9.17) is 5.26 Å². The molecule has 1 aliphatic heterocycles. The topological polar surface area (TPSA) is 56.1 Å². The van der Waals surface area contributed by atoms with Gasteiger partial charge in [0, 0.05) is 17.9 Å². The van der Waals surface area contributed by atoms with Crippen LogP contribution in [0.4, 0.5) is 11.4 Å². The van der Waals surface area contributed by atoms with E-state index in [2.05, 4.69) is 28.4 Å². The normalized spacial score (nSPS) is 14.1. The average molecular weight is 291 g/mol. The second kappa shape index (κ2) is 5.90. The van der Waals surface area contributed by atoms with Gasteiger partial charge in [0.1, 0.15) is 6.04 Å². The summed E-state index contributed by atoms with van der Waals surface area (Å²) in [5.74, 6) is -0.0404. The van der Waals surface area contributed by atoms with Crippen LogP contribution in [-0.2, 0) is 11.2 Å². The number of rotatable bonds is 3. The number of carbonyl (C=O) groups is 1. The van der Waals surface area contributed by atoms with Crippen molar-refractivity contribution in [2.45, 2.75) is 19.4 Å². The predicted molar refractivity (Wildman–Crippen MR) is 86.7 cm³/mol. The third kappa shape index (κ3) is 2.66. The van der Waals surface area contributed by atoms with Crippen LogP contribution in [0.2, 0.25) is 0 Å². The van der Waals surface area contributed by atoms with Gasteiger partial charge in [-0.15, -0.1) is 0 Å². The molecule has 2 aromatic rings. The molecule has 1 heterocycles. The minimum absolute atomic E-state index is 0.0404. The molecule has 0 aliphatic carbocycles. The van der Waals surface area contributed by atoms with Crippen molar-refractivity contribution < 1.29 is 4.79 Å². The quantitative estimate of drug-likeness (QED) is 0.946. The number of amides is 1. The number of hydrogen-bond acceptors (Lipinski definition) is 3. The number of anilines is 2. The number of nitriles is 1. The van der Waals surface area contributed by atoms with Gasteiger partial charge in [-0.2, -0.15) is 5.26 Å². The van der Waals surface area contributed by atoms with Gasteiger partial charge < -0.3 is 10.2 Å². The minimum Gasteiger partial charge on any atom is -0.359 e. The first-order valence-corrected chi connectivity index (χ1v) is 7.34. The van der Waals surface area contributed by atoms with Crippen molar-refractivity contribution >= 4 is 17.3 Å². The van der Waals surface area contributed by atoms with Gasteiger partial charge in [-0.1, -0.05) is 18.2 Å². The molecular formula is C18H17N3O. The number of hydrogen-bond donors (Lipinski definition) is 1. The van der Waals surface area contributed by atoms with Crippen molar-refractivity contribution in [3.8, 4) is 6.07 Å². The van der Waals surface area contributed by atoms with Gasteiger partial charge in [0.25, 0.3) is 0 Å². The van der Waals surface area contributed by atoms with E-state index < -0.39 is 0 Å². The lowest BCUT2D eigenvalue weighted by Gasteiger charge is -2.26. The fourth-order valence-corrected chi connectivity index (χ4v) is 2.78. The third-order valence-corrected chi connectivity index (χ3v) is 4.05. The standard InChI is InChI=1S/C18H17N3O/c1-13(21-11-10-15-4-2-3-5-17(15)21)18(22)20-16-8-6-14(12-19)7-9-16/h2-9,13H,10-11H2,1H3,(H,20,22)/t13-/m1/s1. The van der Waals surface area contributed by atoms with Crippen LogP contribution < -0.4 is 10.2 Å². The highest BCUT2D eigenvalue weighted by molar-refractivity contribution is 5.97. The molecule has 4 nitrogen and oxygen atoms in total. The summed E-state index contributed by atoms with van der Waals surface area (Å²) >= 11 is 0. The molecule has 110 valence electrons. The number of benzene rings is 2. The van der Waals surface area contributed by atoms with Crippen LogP contribution >= 0.6 is 0 Å². The lowest BCUT2D eigenvalue weighted by molar-refractivity contribution is -0.117. The van der Waals surface area contributed by atoms with Gasteiger partial charge in [-0.05, 0) is 49.2 Å². The van der Waals surface area contributed by atoms with E-state index in [9.17, 15) is 4.79 Å². The van der Waals surface area contributed by atoms with E-state index in [0.717, 1.165) is 18.7 Å². The molecule has 0 fully saturated rings. The number of nitrogens with one attached hydrogen (secondary N) is 1. The lowest BCUT2D eigenvalue weighted by Crippen LogP contribution is -2.41. The van der Waals surface area contributed by atoms with Gasteiger partial charge in [-0.25, -0.2) is 0 Å². The van der Waals surface area contributed by atoms with Crippen molar-refractivity contribution in [2.75, 3.05) is 16.8 Å². The average Bonchev–Trinajstić information content (AvgIpc) is 2.99. The van der Waals surface area contributed by atoms with Crippen molar-refractivity contribution in [3.05, 3.63) is 59.7 Å². The monoisotopic (exact) mass is 291 g/mol. The number of para-hydroxylation sites is 1. The van der Waals surface area contributed by atoms with Crippen LogP contribution in [0.15, 0.2) is 48.5 Å². The van der Waals surface area contributed by atoms with Crippen molar-refractivity contribution in [3.63, 3.8) is 0 Å². The highest BCUT2D eigenvalue weighted by Crippen LogP contribution is 2.29. The zero-order valence-corrected chi connectivity index (χ0v) is 12.4. The molecule has 2 aromatic carbocycles. The first-order valence-electron chi connectivity index (χ1n) is 7.34. The third-order valence-electron chi connectivity index (χ3n) is 4.05. The molecule has 0 radical (unpaired) electrons. The van der Waals surface area contributed by atoms with Gasteiger partial charge in [0.2, 0.25) is 5.91 Å². The van der Waals surface area contributed by atoms with E-state index in [0.29, 0.717) is 11.3 Å². The van der Waals surface area contributed by atoms with Crippen LogP contribution in [0, 0.1) is 11.3 Å². The molecule has 0 aromatic heterocycles. The summed E-state index contributed by atoms with van der Waals surface area (Å²) in [6, 6.07) is 16.9. The van der Waals surface area contributed by atoms with E-state index in [1.54, 1.807) is 24.3 Å². The van der Waals surface area contributed by atoms with E-state index in [1.165, 1.54) is 5.56 Å². The fraction of sp³-hybridized carbons (Fsp3) is 0.222. The van der Waals surface area contributed by atoms with Crippen molar-refractivity contribution in [1.29, 1.82) is 5.26 Å². The summed E-state index contributed by atoms with van der Waals surface area (Å²) in [6.07, 6.45) is 0.977. The van der Waals surface area contributed by atoms with Gasteiger partial charge in [0.05, 0.1) is 11.6 Å². The van der Waals surface area contributed by atoms with Gasteiger partial charge in [0.15, 0.2) is 0 Å². The fourth-order valence-electron chi connectivity index (χ4n) is 2.78. The van der Waals surface area contributed by atoms with Crippen LogP contribution in [0.3, 0.4) is 0 Å². The molecule has 1 amide bonds. The van der Waals surface area contributed by atoms with Gasteiger partial charge >= 0.3 is 0 Å². The van der Waals surface area contributed by atoms with E-state index >= 15 is 0 Å². The van der Waals surface area contributed by atoms with Crippen molar-refractivity contribution in [2.24, 2.45) is 0 Å². The lowest BCUT2D eigenvalue weighted by atomic mass is 10.1. The Morgan fingerprint density at radius 2 is 1.95 bits per heavy atom. The summed E-state index contributed by atoms with van der Waals surface area (Å²) in [7, 11) is 0. The van der Waals surface area contributed by atoms with E-state index in [-0.39, 0.29) is 11.9 Å². The van der Waals surface area contributed by atoms with Crippen molar-refractivity contribution in [1.82, 2.24) is 0 Å². The molecular weight excluding hydrogens is 274 g/mol. The second-order valence-corrected chi connectivity index (χ2v) is 5.43. The highest BCUT2D eigenvalue weighted by Gasteiger charge is 2.27. The first kappa shape index (κ1) is 14.2. The van der Waals surface area contributed by atoms with Crippen LogP contribution in [0.25, 0.3) is 0 Å². The highest BCUT2D eigenvalue weighted by atomic mass is 16.2. The Morgan fingerprint density at radius 3 is 2.68 bits per heavy atom. The maximum Gasteiger partial charge on any atom is 0.246 e. The molecule has 22 heavy (non-hydrogen) atoms. The molecule has 1 atom stereocenters. The number of fused-ring (bicyclic) bond motifs is 1. The van der Waals surface area contributed by atoms with E-state index in [1.807, 2.05) is 19.1 Å². The predicted octanol–water partition coefficient (Wildman–Crippen LogP) is 2.95. The molecule has 0 unspecified atom stereocenters. The number of nitrogens with zero attached hydrogens (tertiary/aromatic N) is 2. The second-order valence-electron chi connectivity index (χ2n) is 5.43. The summed E-state index contributed by atoms with van der Waals surface area (Å²) in [5, 5.41) is 11.7. The number of carbonyl (C=O) groups excluding carboxylic acids is 1. The van der Waals surface area contributed by atoms with Crippen LogP contribution in [0.1, 0.15) is 18.1 Å². The molecule has 1 aliphatic rings. The zero-order valence-electron chi connectivity index (χ0n) is 12.4. The smallest absolute Gasteiger partial charge is 0.246 e. The minimum atomic E-state index is -0.237. The Kier molecular flexibility index (Phi) is 3.80. The zero-order chi connectivity index (χ0) is 15.5. The summed E-state index contributed by atoms with van der Waals surface area (Å²) < 4.78 is 0. The molecule has 0 saturated carbocycles. The SMILES string of the molecule is C[C@H](C(=O)Nc1ccc(C#N)cc1)N1CCc2ccccc21. The Balaban J connectivity index is 1.71. The molecule has 1 N–H and O–H groups in total. The molecule has 0 spiro atoms. The summed E-state index contributed by atoms with van der Waals surface area (Å²) in [4.78, 5) is 14.6. The largest absolute Gasteiger partial charge is 0.359 e. The Hall–Kier alpha value is -2.80.